The highest BCUT2D eigenvalue weighted by Gasteiger charge is 2.36. The highest BCUT2D eigenvalue weighted by atomic mass is 16.4. The quantitative estimate of drug-likeness (QED) is 0.654. The molecule has 0 saturated carbocycles. The number of carboxylic acid groups (broad SMARTS) is 1. The van der Waals surface area contributed by atoms with Crippen molar-refractivity contribution >= 4 is 11.9 Å². The van der Waals surface area contributed by atoms with Gasteiger partial charge in [-0.3, -0.25) is 4.79 Å². The Morgan fingerprint density at radius 2 is 2.25 bits per heavy atom. The molecule has 1 rings (SSSR count). The van der Waals surface area contributed by atoms with Gasteiger partial charge in [0.05, 0.1) is 12.5 Å². The molecule has 1 unspecified atom stereocenters. The summed E-state index contributed by atoms with van der Waals surface area (Å²) in [6.07, 6.45) is 2.60. The largest absolute Gasteiger partial charge is 0.480 e. The van der Waals surface area contributed by atoms with Crippen LogP contribution in [0.15, 0.2) is 0 Å². The van der Waals surface area contributed by atoms with Gasteiger partial charge in [-0.1, -0.05) is 26.2 Å². The molecule has 0 radical (unpaired) electrons. The Kier molecular flexibility index (Phi) is 4.73. The van der Waals surface area contributed by atoms with Crippen molar-refractivity contribution in [2.24, 2.45) is 0 Å². The van der Waals surface area contributed by atoms with Gasteiger partial charge in [0.25, 0.3) is 0 Å². The number of β-amino-alcohol motifs (C(OH)–C–C–N with tert-alkyl or cyclic N) is 1. The summed E-state index contributed by atoms with van der Waals surface area (Å²) in [5.74, 6) is -1.23. The molecule has 0 aromatic carbocycles. The molecule has 1 aliphatic heterocycles. The lowest BCUT2D eigenvalue weighted by atomic mass is 10.1. The lowest BCUT2D eigenvalue weighted by molar-refractivity contribution is -0.148. The van der Waals surface area contributed by atoms with Crippen molar-refractivity contribution in [3.05, 3.63) is 0 Å². The molecule has 1 heterocycles. The number of aliphatic hydroxyl groups excluding tert-OH is 1. The van der Waals surface area contributed by atoms with Gasteiger partial charge in [-0.15, -0.1) is 0 Å². The smallest absolute Gasteiger partial charge is 0.326 e. The fraction of sp³-hybridized carbons (Fsp3) is 0.818. The molecule has 16 heavy (non-hydrogen) atoms. The zero-order chi connectivity index (χ0) is 12.1. The molecule has 1 saturated heterocycles. The number of hydrogen-bond donors (Lipinski definition) is 2. The summed E-state index contributed by atoms with van der Waals surface area (Å²) in [4.78, 5) is 23.8. The number of hydrogen-bond acceptors (Lipinski definition) is 3. The first kappa shape index (κ1) is 13.0. The first-order chi connectivity index (χ1) is 7.56. The van der Waals surface area contributed by atoms with Gasteiger partial charge in [0.2, 0.25) is 5.91 Å². The van der Waals surface area contributed by atoms with Crippen LogP contribution in [0.5, 0.6) is 0 Å². The van der Waals surface area contributed by atoms with Crippen LogP contribution >= 0.6 is 0 Å². The Morgan fingerprint density at radius 1 is 1.56 bits per heavy atom. The number of nitrogens with zero attached hydrogens (tertiary/aromatic N) is 1. The number of carbonyl (C=O) groups is 2. The molecule has 5 heteroatoms. The van der Waals surface area contributed by atoms with E-state index in [0.29, 0.717) is 6.42 Å². The van der Waals surface area contributed by atoms with Crippen molar-refractivity contribution in [2.75, 3.05) is 6.54 Å². The summed E-state index contributed by atoms with van der Waals surface area (Å²) < 4.78 is 0. The maximum absolute atomic E-state index is 11.5. The molecule has 2 atom stereocenters. The standard InChI is InChI=1S/C11H19NO4/c1-2-3-4-5-9(11(15)16)12-7-8(13)6-10(12)14/h8-9,13H,2-7H2,1H3,(H,15,16)/t8?,9-/m0/s1. The Labute approximate surface area is 95.1 Å². The maximum atomic E-state index is 11.5. The second kappa shape index (κ2) is 5.84. The van der Waals surface area contributed by atoms with Gasteiger partial charge in [-0.2, -0.15) is 0 Å². The number of likely N-dealkylation sites (tertiary alicyclic amines) is 1. The van der Waals surface area contributed by atoms with E-state index in [-0.39, 0.29) is 18.9 Å². The van der Waals surface area contributed by atoms with Crippen LogP contribution in [0.2, 0.25) is 0 Å². The van der Waals surface area contributed by atoms with E-state index in [1.54, 1.807) is 0 Å². The van der Waals surface area contributed by atoms with E-state index in [9.17, 15) is 14.7 Å². The molecular weight excluding hydrogens is 210 g/mol. The summed E-state index contributed by atoms with van der Waals surface area (Å²) in [7, 11) is 0. The SMILES string of the molecule is CCCCC[C@@H](C(=O)O)N1CC(O)CC1=O. The van der Waals surface area contributed by atoms with E-state index in [1.165, 1.54) is 4.90 Å². The predicted molar refractivity (Wildman–Crippen MR) is 57.9 cm³/mol. The van der Waals surface area contributed by atoms with Crippen LogP contribution in [0.3, 0.4) is 0 Å². The molecule has 1 fully saturated rings. The minimum Gasteiger partial charge on any atom is -0.480 e. The van der Waals surface area contributed by atoms with Crippen LogP contribution in [0.25, 0.3) is 0 Å². The third-order valence-electron chi connectivity index (χ3n) is 2.88. The number of rotatable bonds is 6. The van der Waals surface area contributed by atoms with E-state index < -0.39 is 18.1 Å². The molecular formula is C11H19NO4. The molecule has 1 aliphatic rings. The van der Waals surface area contributed by atoms with Crippen LogP contribution in [-0.2, 0) is 9.59 Å². The molecule has 92 valence electrons. The normalized spacial score (nSPS) is 22.5. The first-order valence-corrected chi connectivity index (χ1v) is 5.76. The van der Waals surface area contributed by atoms with Crippen molar-refractivity contribution in [2.45, 2.75) is 51.2 Å². The molecule has 1 amide bonds. The van der Waals surface area contributed by atoms with Crippen LogP contribution in [-0.4, -0.2) is 45.7 Å². The van der Waals surface area contributed by atoms with Crippen molar-refractivity contribution in [3.8, 4) is 0 Å². The topological polar surface area (TPSA) is 77.8 Å². The van der Waals surface area contributed by atoms with E-state index in [0.717, 1.165) is 19.3 Å². The summed E-state index contributed by atoms with van der Waals surface area (Å²) in [6.45, 7) is 2.20. The first-order valence-electron chi connectivity index (χ1n) is 5.76. The van der Waals surface area contributed by atoms with Crippen LogP contribution < -0.4 is 0 Å². The molecule has 2 N–H and O–H groups in total. The second-order valence-corrected chi connectivity index (χ2v) is 4.25. The van der Waals surface area contributed by atoms with Crippen molar-refractivity contribution in [3.63, 3.8) is 0 Å². The van der Waals surface area contributed by atoms with Gasteiger partial charge in [0.15, 0.2) is 0 Å². The Morgan fingerprint density at radius 3 is 2.69 bits per heavy atom. The van der Waals surface area contributed by atoms with Crippen LogP contribution in [0.4, 0.5) is 0 Å². The average Bonchev–Trinajstić information content (AvgIpc) is 2.52. The molecule has 5 nitrogen and oxygen atoms in total. The molecule has 0 bridgehead atoms. The van der Waals surface area contributed by atoms with Crippen molar-refractivity contribution in [1.82, 2.24) is 4.90 Å². The molecule has 0 aromatic heterocycles. The minimum absolute atomic E-state index is 0.0531. The monoisotopic (exact) mass is 229 g/mol. The van der Waals surface area contributed by atoms with E-state index in [2.05, 4.69) is 0 Å². The van der Waals surface area contributed by atoms with Gasteiger partial charge in [0, 0.05) is 6.54 Å². The molecule has 0 spiro atoms. The Balaban J connectivity index is 2.56. The van der Waals surface area contributed by atoms with E-state index in [1.807, 2.05) is 6.92 Å². The van der Waals surface area contributed by atoms with Gasteiger partial charge >= 0.3 is 5.97 Å². The number of unbranched alkanes of at least 4 members (excludes halogenated alkanes) is 2. The zero-order valence-corrected chi connectivity index (χ0v) is 9.56. The Hall–Kier alpha value is -1.10. The van der Waals surface area contributed by atoms with Crippen molar-refractivity contribution in [1.29, 1.82) is 0 Å². The summed E-state index contributed by atoms with van der Waals surface area (Å²) in [5.41, 5.74) is 0. The number of carboxylic acids is 1. The van der Waals surface area contributed by atoms with E-state index in [4.69, 9.17) is 5.11 Å². The fourth-order valence-electron chi connectivity index (χ4n) is 2.01. The highest BCUT2D eigenvalue weighted by Crippen LogP contribution is 2.18. The van der Waals surface area contributed by atoms with Gasteiger partial charge < -0.3 is 15.1 Å². The van der Waals surface area contributed by atoms with E-state index >= 15 is 0 Å². The highest BCUT2D eigenvalue weighted by molar-refractivity contribution is 5.85. The number of amides is 1. The minimum atomic E-state index is -0.974. The molecule has 0 aromatic rings. The predicted octanol–water partition coefficient (Wildman–Crippen LogP) is 0.613. The summed E-state index contributed by atoms with van der Waals surface area (Å²) in [5, 5.41) is 18.4. The number of carbonyl (C=O) groups excluding carboxylic acids is 1. The third kappa shape index (κ3) is 3.20. The van der Waals surface area contributed by atoms with Crippen molar-refractivity contribution < 1.29 is 19.8 Å². The third-order valence-corrected chi connectivity index (χ3v) is 2.88. The number of aliphatic hydroxyl groups is 1. The van der Waals surface area contributed by atoms with Gasteiger partial charge in [-0.25, -0.2) is 4.79 Å². The van der Waals surface area contributed by atoms with Gasteiger partial charge in [-0.05, 0) is 6.42 Å². The lowest BCUT2D eigenvalue weighted by Crippen LogP contribution is -2.42. The molecule has 0 aliphatic carbocycles. The van der Waals surface area contributed by atoms with Crippen LogP contribution in [0, 0.1) is 0 Å². The van der Waals surface area contributed by atoms with Gasteiger partial charge in [0.1, 0.15) is 6.04 Å². The Bertz CT molecular complexity index is 267. The zero-order valence-electron chi connectivity index (χ0n) is 9.56. The average molecular weight is 229 g/mol. The maximum Gasteiger partial charge on any atom is 0.326 e. The van der Waals surface area contributed by atoms with Crippen LogP contribution in [0.1, 0.15) is 39.0 Å². The fourth-order valence-corrected chi connectivity index (χ4v) is 2.01. The second-order valence-electron chi connectivity index (χ2n) is 4.25. The number of aliphatic carboxylic acids is 1. The summed E-state index contributed by atoms with van der Waals surface area (Å²) in [6, 6.07) is -0.767. The lowest BCUT2D eigenvalue weighted by Gasteiger charge is -2.24. The summed E-state index contributed by atoms with van der Waals surface area (Å²) >= 11 is 0.